The van der Waals surface area contributed by atoms with Gasteiger partial charge in [-0.1, -0.05) is 76.6 Å². The van der Waals surface area contributed by atoms with Crippen LogP contribution in [0.1, 0.15) is 75.0 Å². The van der Waals surface area contributed by atoms with E-state index in [9.17, 15) is 35.9 Å². The van der Waals surface area contributed by atoms with Gasteiger partial charge in [-0.25, -0.2) is 35.9 Å². The lowest BCUT2D eigenvalue weighted by atomic mass is 10.0. The third-order valence-corrected chi connectivity index (χ3v) is 11.1. The zero-order valence-corrected chi connectivity index (χ0v) is 34.9. The zero-order chi connectivity index (χ0) is 43.4. The number of thiophene rings is 2. The van der Waals surface area contributed by atoms with Crippen LogP contribution in [0, 0.1) is 34.9 Å². The van der Waals surface area contributed by atoms with E-state index in [0.29, 0.717) is 27.3 Å². The van der Waals surface area contributed by atoms with Crippen molar-refractivity contribution in [2.75, 3.05) is 16.4 Å². The molecule has 0 aliphatic carbocycles. The fourth-order valence-corrected chi connectivity index (χ4v) is 7.57. The van der Waals surface area contributed by atoms with E-state index in [1.54, 1.807) is 23.5 Å². The van der Waals surface area contributed by atoms with Gasteiger partial charge in [-0.2, -0.15) is 4.99 Å². The van der Waals surface area contributed by atoms with Crippen molar-refractivity contribution in [3.05, 3.63) is 142 Å². The van der Waals surface area contributed by atoms with E-state index in [1.165, 1.54) is 109 Å². The Balaban J connectivity index is 0.000000221. The summed E-state index contributed by atoms with van der Waals surface area (Å²) in [5, 5.41) is 6.65. The summed E-state index contributed by atoms with van der Waals surface area (Å²) < 4.78 is 79.7. The van der Waals surface area contributed by atoms with Gasteiger partial charge in [-0.3, -0.25) is 5.32 Å². The van der Waals surface area contributed by atoms with Crippen molar-refractivity contribution in [1.82, 2.24) is 0 Å². The molecule has 6 rings (SSSR count). The molecule has 6 nitrogen and oxygen atoms in total. The molecule has 4 N–H and O–H groups in total. The summed E-state index contributed by atoms with van der Waals surface area (Å²) in [7, 11) is 0. The van der Waals surface area contributed by atoms with Crippen molar-refractivity contribution in [3.8, 4) is 22.3 Å². The monoisotopic (exact) mass is 864 g/mol. The molecule has 0 atom stereocenters. The van der Waals surface area contributed by atoms with Crippen molar-refractivity contribution >= 4 is 56.2 Å². The molecule has 14 heteroatoms. The molecule has 2 amide bonds. The predicted molar refractivity (Wildman–Crippen MR) is 233 cm³/mol. The number of rotatable bonds is 15. The number of anilines is 3. The summed E-state index contributed by atoms with van der Waals surface area (Å²) in [5.74, 6) is -5.12. The van der Waals surface area contributed by atoms with Gasteiger partial charge in [0.15, 0.2) is 23.3 Å². The van der Waals surface area contributed by atoms with E-state index in [0.717, 1.165) is 48.5 Å². The summed E-state index contributed by atoms with van der Waals surface area (Å²) in [6.45, 7) is 4.38. The number of hydrogen-bond donors (Lipinski definition) is 3. The van der Waals surface area contributed by atoms with Crippen molar-refractivity contribution in [2.45, 2.75) is 78.1 Å². The number of amides is 2. The number of nitrogens with zero attached hydrogens (tertiary/aromatic N) is 1. The normalized spacial score (nSPS) is 10.5. The number of aliphatic imine (C=N–C) groups is 1. The molecular weight excluding hydrogens is 819 g/mol. The predicted octanol–water partition coefficient (Wildman–Crippen LogP) is 14.8. The van der Waals surface area contributed by atoms with Gasteiger partial charge in [0.2, 0.25) is 6.08 Å². The van der Waals surface area contributed by atoms with Gasteiger partial charge >= 0.3 is 6.03 Å². The first-order valence-corrected chi connectivity index (χ1v) is 21.1. The molecule has 2 heterocycles. The van der Waals surface area contributed by atoms with E-state index in [4.69, 9.17) is 5.73 Å². The quantitative estimate of drug-likeness (QED) is 0.0315. The Bertz CT molecular complexity index is 2310. The Morgan fingerprint density at radius 2 is 1.07 bits per heavy atom. The van der Waals surface area contributed by atoms with Crippen LogP contribution in [0.4, 0.5) is 52.5 Å². The van der Waals surface area contributed by atoms with Crippen molar-refractivity contribution in [1.29, 1.82) is 0 Å². The van der Waals surface area contributed by atoms with Crippen LogP contribution >= 0.6 is 22.7 Å². The van der Waals surface area contributed by atoms with E-state index in [1.807, 2.05) is 24.3 Å². The number of carbonyl (C=O) groups is 1. The standard InChI is InChI=1S/C23H23F3N2OS.C12H8F3N.C11H15NOS/c1-2-3-4-5-6-17-9-12-22(30-17)28-23(29)27-21-11-8-16(14-20(21)26)15-7-10-18(24)19(25)13-15;13-9-3-1-7(5-10(9)14)8-2-4-12(16)11(15)6-8;1-2-3-4-5-6-10-7-8-11(14-10)12-9-13/h7-14H,2-6H2,1H3,(H2,27,28,29);1-6H,16H2;7-8H,2-6H2,1H3. The molecule has 0 fully saturated rings. The number of nitrogens with two attached hydrogens (primary N) is 1. The molecule has 0 aliphatic rings. The maximum Gasteiger partial charge on any atom is 0.324 e. The lowest BCUT2D eigenvalue weighted by Gasteiger charge is -2.09. The van der Waals surface area contributed by atoms with Crippen LogP contribution < -0.4 is 16.4 Å². The number of unbranched alkanes of at least 4 members (excludes halogenated alkanes) is 6. The number of isocyanates is 1. The van der Waals surface area contributed by atoms with Gasteiger partial charge in [0.1, 0.15) is 16.6 Å². The largest absolute Gasteiger partial charge is 0.396 e. The van der Waals surface area contributed by atoms with Crippen LogP contribution in [0.15, 0.2) is 102 Å². The molecule has 316 valence electrons. The van der Waals surface area contributed by atoms with Crippen LogP contribution in [-0.2, 0) is 17.6 Å². The van der Waals surface area contributed by atoms with Gasteiger partial charge in [-0.05, 0) is 121 Å². The molecule has 0 saturated heterocycles. The van der Waals surface area contributed by atoms with Crippen LogP contribution in [0.5, 0.6) is 0 Å². The number of nitrogen functional groups attached to an aromatic ring is 1. The first-order valence-electron chi connectivity index (χ1n) is 19.5. The van der Waals surface area contributed by atoms with Crippen LogP contribution in [0.2, 0.25) is 0 Å². The molecule has 0 aliphatic heterocycles. The molecule has 6 aromatic rings. The Morgan fingerprint density at radius 1 is 0.567 bits per heavy atom. The maximum atomic E-state index is 14.4. The number of carbonyl (C=O) groups excluding carboxylic acids is 2. The number of urea groups is 1. The van der Waals surface area contributed by atoms with Crippen molar-refractivity contribution in [3.63, 3.8) is 0 Å². The van der Waals surface area contributed by atoms with E-state index in [2.05, 4.69) is 29.5 Å². The summed E-state index contributed by atoms with van der Waals surface area (Å²) >= 11 is 3.09. The van der Waals surface area contributed by atoms with Crippen LogP contribution in [0.25, 0.3) is 22.3 Å². The first kappa shape index (κ1) is 47.0. The minimum absolute atomic E-state index is 0.00446. The molecule has 4 aromatic carbocycles. The maximum absolute atomic E-state index is 14.4. The number of aryl methyl sites for hydroxylation is 2. The average Bonchev–Trinajstić information content (AvgIpc) is 3.88. The number of benzene rings is 4. The van der Waals surface area contributed by atoms with Gasteiger partial charge in [0.25, 0.3) is 0 Å². The Labute approximate surface area is 354 Å². The summed E-state index contributed by atoms with van der Waals surface area (Å²) in [6.07, 6.45) is 13.5. The zero-order valence-electron chi connectivity index (χ0n) is 33.2. The molecule has 2 aromatic heterocycles. The summed E-state index contributed by atoms with van der Waals surface area (Å²) in [6, 6.07) is 22.1. The topological polar surface area (TPSA) is 96.6 Å². The van der Waals surface area contributed by atoms with E-state index >= 15 is 0 Å². The van der Waals surface area contributed by atoms with Crippen LogP contribution in [0.3, 0.4) is 0 Å². The third-order valence-electron chi connectivity index (χ3n) is 8.98. The summed E-state index contributed by atoms with van der Waals surface area (Å²) in [4.78, 5) is 28.3. The van der Waals surface area contributed by atoms with Gasteiger partial charge in [0.05, 0.1) is 16.4 Å². The fraction of sp³-hybridized carbons (Fsp3) is 0.261. The lowest BCUT2D eigenvalue weighted by Crippen LogP contribution is -2.19. The molecule has 0 unspecified atom stereocenters. The number of hydrogen-bond acceptors (Lipinski definition) is 6. The number of halogens is 6. The highest BCUT2D eigenvalue weighted by atomic mass is 32.1. The Hall–Kier alpha value is -5.69. The smallest absolute Gasteiger partial charge is 0.324 e. The Morgan fingerprint density at radius 3 is 1.58 bits per heavy atom. The van der Waals surface area contributed by atoms with E-state index < -0.39 is 40.9 Å². The summed E-state index contributed by atoms with van der Waals surface area (Å²) in [5.41, 5.74) is 6.90. The second-order valence-corrected chi connectivity index (χ2v) is 15.9. The fourth-order valence-electron chi connectivity index (χ4n) is 5.76. The molecule has 0 saturated carbocycles. The highest BCUT2D eigenvalue weighted by Crippen LogP contribution is 2.29. The van der Waals surface area contributed by atoms with Crippen LogP contribution in [-0.4, -0.2) is 12.1 Å². The van der Waals surface area contributed by atoms with Gasteiger partial charge < -0.3 is 11.1 Å². The highest BCUT2D eigenvalue weighted by Gasteiger charge is 2.12. The number of nitrogens with one attached hydrogen (secondary N) is 2. The second-order valence-electron chi connectivity index (χ2n) is 13.6. The third kappa shape index (κ3) is 15.2. The minimum atomic E-state index is -1.00. The first-order chi connectivity index (χ1) is 28.9. The van der Waals surface area contributed by atoms with E-state index in [-0.39, 0.29) is 11.4 Å². The van der Waals surface area contributed by atoms with Gasteiger partial charge in [-0.15, -0.1) is 22.7 Å². The average molecular weight is 865 g/mol. The van der Waals surface area contributed by atoms with Crippen molar-refractivity contribution < 1.29 is 35.9 Å². The molecule has 0 spiro atoms. The van der Waals surface area contributed by atoms with Gasteiger partial charge in [0, 0.05) is 9.75 Å². The van der Waals surface area contributed by atoms with Crippen molar-refractivity contribution in [2.24, 2.45) is 4.99 Å². The lowest BCUT2D eigenvalue weighted by molar-refractivity contribution is 0.262. The molecule has 60 heavy (non-hydrogen) atoms. The SMILES string of the molecule is CCCCCCc1ccc(N=C=O)s1.CCCCCCc1ccc(NC(=O)Nc2ccc(-c3ccc(F)c(F)c3)cc2F)s1.Nc1ccc(-c2ccc(F)c(F)c2)cc1F. The molecule has 0 bridgehead atoms. The second kappa shape index (κ2) is 24.4. The minimum Gasteiger partial charge on any atom is -0.396 e. The highest BCUT2D eigenvalue weighted by molar-refractivity contribution is 7.16. The molecule has 0 radical (unpaired) electrons. The molecular formula is C46H46F6N4O2S2. The Kier molecular flexibility index (Phi) is 19.1.